The molecule has 0 fully saturated rings. The predicted octanol–water partition coefficient (Wildman–Crippen LogP) is 13.6. The second kappa shape index (κ2) is 11.4. The van der Waals surface area contributed by atoms with Gasteiger partial charge in [0.2, 0.25) is 0 Å². The minimum Gasteiger partial charge on any atom is -0.208 e. The van der Waals surface area contributed by atoms with E-state index in [1.165, 1.54) is 71.6 Å². The van der Waals surface area contributed by atoms with Gasteiger partial charge in [-0.05, 0) is 41.5 Å². The van der Waals surface area contributed by atoms with Gasteiger partial charge in [-0.1, -0.05) is 121 Å². The maximum absolute atomic E-state index is 5.19. The number of nitrogens with zero attached hydrogens (tertiary/aromatic N) is 3. The standard InChI is InChI=1S/C45H25N3S3/c1-2-10-26(11-3-1)43-46-44(48-45(47-43)35-16-9-19-38-41(35)34-13-5-7-18-37(34)49-38)28-21-23-32-31-22-20-27(24-39(31)50-40(32)25-28)29-14-8-15-33-30-12-4-6-17-36(30)51-42(29)33/h1-25H. The maximum atomic E-state index is 5.19. The fourth-order valence-corrected chi connectivity index (χ4v) is 10.9. The molecule has 51 heavy (non-hydrogen) atoms. The molecule has 0 amide bonds. The molecule has 0 atom stereocenters. The van der Waals surface area contributed by atoms with Gasteiger partial charge < -0.3 is 0 Å². The Morgan fingerprint density at radius 3 is 1.69 bits per heavy atom. The van der Waals surface area contributed by atoms with E-state index in [0.29, 0.717) is 17.5 Å². The minimum absolute atomic E-state index is 0.670. The average Bonchev–Trinajstić information content (AvgIpc) is 3.88. The first-order valence-corrected chi connectivity index (χ1v) is 19.3. The molecule has 0 N–H and O–H groups in total. The molecule has 11 rings (SSSR count). The quantitative estimate of drug-likeness (QED) is 0.183. The molecule has 0 aliphatic heterocycles. The Kier molecular flexibility index (Phi) is 6.46. The molecule has 0 aliphatic carbocycles. The number of fused-ring (bicyclic) bond motifs is 9. The van der Waals surface area contributed by atoms with Crippen molar-refractivity contribution in [1.82, 2.24) is 15.0 Å². The molecule has 238 valence electrons. The van der Waals surface area contributed by atoms with Gasteiger partial charge in [0.25, 0.3) is 0 Å². The predicted molar refractivity (Wildman–Crippen MR) is 220 cm³/mol. The minimum atomic E-state index is 0.670. The van der Waals surface area contributed by atoms with Crippen LogP contribution in [0, 0.1) is 0 Å². The van der Waals surface area contributed by atoms with Gasteiger partial charge in [-0.3, -0.25) is 0 Å². The highest BCUT2D eigenvalue weighted by Gasteiger charge is 2.18. The molecule has 4 aromatic heterocycles. The SMILES string of the molecule is c1ccc(-c2nc(-c3ccc4c(c3)sc3cc(-c5cccc6c5sc5ccccc56)ccc34)nc(-c3cccc4sc5ccccc5c34)n2)cc1. The first-order valence-electron chi connectivity index (χ1n) is 16.8. The van der Waals surface area contributed by atoms with Gasteiger partial charge >= 0.3 is 0 Å². The summed E-state index contributed by atoms with van der Waals surface area (Å²) in [6, 6.07) is 54.2. The van der Waals surface area contributed by atoms with E-state index in [-0.39, 0.29) is 0 Å². The molecule has 0 unspecified atom stereocenters. The van der Waals surface area contributed by atoms with E-state index in [1.54, 1.807) is 11.3 Å². The van der Waals surface area contributed by atoms with Gasteiger partial charge in [0, 0.05) is 77.2 Å². The molecule has 0 spiro atoms. The van der Waals surface area contributed by atoms with Crippen molar-refractivity contribution >= 4 is 94.5 Å². The lowest BCUT2D eigenvalue weighted by Gasteiger charge is -2.09. The van der Waals surface area contributed by atoms with Gasteiger partial charge in [-0.2, -0.15) is 0 Å². The third-order valence-corrected chi connectivity index (χ3v) is 13.2. The van der Waals surface area contributed by atoms with Crippen LogP contribution >= 0.6 is 34.0 Å². The van der Waals surface area contributed by atoms with Crippen molar-refractivity contribution in [2.75, 3.05) is 0 Å². The van der Waals surface area contributed by atoms with E-state index in [2.05, 4.69) is 133 Å². The van der Waals surface area contributed by atoms with Crippen molar-refractivity contribution in [3.63, 3.8) is 0 Å². The van der Waals surface area contributed by atoms with E-state index in [9.17, 15) is 0 Å². The van der Waals surface area contributed by atoms with E-state index >= 15 is 0 Å². The van der Waals surface area contributed by atoms with Crippen LogP contribution in [0.1, 0.15) is 0 Å². The van der Waals surface area contributed by atoms with Crippen LogP contribution in [0.25, 0.3) is 106 Å². The van der Waals surface area contributed by atoms with Crippen molar-refractivity contribution in [1.29, 1.82) is 0 Å². The van der Waals surface area contributed by atoms with E-state index in [1.807, 2.05) is 40.9 Å². The molecular formula is C45H25N3S3. The van der Waals surface area contributed by atoms with Gasteiger partial charge in [0.05, 0.1) is 0 Å². The van der Waals surface area contributed by atoms with Gasteiger partial charge in [0.1, 0.15) is 0 Å². The summed E-state index contributed by atoms with van der Waals surface area (Å²) in [5, 5.41) is 7.59. The molecule has 4 heterocycles. The van der Waals surface area contributed by atoms with Crippen LogP contribution in [-0.4, -0.2) is 15.0 Å². The van der Waals surface area contributed by atoms with Crippen molar-refractivity contribution < 1.29 is 0 Å². The summed E-state index contributed by atoms with van der Waals surface area (Å²) in [5.74, 6) is 2.03. The maximum Gasteiger partial charge on any atom is 0.164 e. The Bertz CT molecular complexity index is 3150. The van der Waals surface area contributed by atoms with Crippen LogP contribution in [0.15, 0.2) is 152 Å². The van der Waals surface area contributed by atoms with E-state index in [0.717, 1.165) is 16.7 Å². The highest BCUT2D eigenvalue weighted by atomic mass is 32.1. The van der Waals surface area contributed by atoms with Gasteiger partial charge in [0.15, 0.2) is 17.5 Å². The molecule has 6 heteroatoms. The Morgan fingerprint density at radius 1 is 0.314 bits per heavy atom. The Hall–Kier alpha value is -5.79. The molecular weight excluding hydrogens is 679 g/mol. The van der Waals surface area contributed by atoms with E-state index in [4.69, 9.17) is 15.0 Å². The molecule has 3 nitrogen and oxygen atoms in total. The summed E-state index contributed by atoms with van der Waals surface area (Å²) in [6.45, 7) is 0. The largest absolute Gasteiger partial charge is 0.208 e. The summed E-state index contributed by atoms with van der Waals surface area (Å²) in [7, 11) is 0. The lowest BCUT2D eigenvalue weighted by molar-refractivity contribution is 1.08. The lowest BCUT2D eigenvalue weighted by Crippen LogP contribution is -2.00. The van der Waals surface area contributed by atoms with Crippen molar-refractivity contribution in [2.45, 2.75) is 0 Å². The average molecular weight is 704 g/mol. The zero-order chi connectivity index (χ0) is 33.5. The number of benzene rings is 7. The number of hydrogen-bond acceptors (Lipinski definition) is 6. The van der Waals surface area contributed by atoms with Crippen molar-refractivity contribution in [2.24, 2.45) is 0 Å². The molecule has 0 aliphatic rings. The van der Waals surface area contributed by atoms with E-state index < -0.39 is 0 Å². The molecule has 11 aromatic rings. The lowest BCUT2D eigenvalue weighted by atomic mass is 10.0. The number of aromatic nitrogens is 3. The van der Waals surface area contributed by atoms with Crippen LogP contribution in [0.5, 0.6) is 0 Å². The summed E-state index contributed by atoms with van der Waals surface area (Å²) in [4.78, 5) is 15.4. The van der Waals surface area contributed by atoms with Crippen LogP contribution in [0.2, 0.25) is 0 Å². The second-order valence-corrected chi connectivity index (χ2v) is 16.0. The first-order chi connectivity index (χ1) is 25.2. The zero-order valence-corrected chi connectivity index (χ0v) is 29.4. The molecule has 0 saturated carbocycles. The molecule has 0 radical (unpaired) electrons. The monoisotopic (exact) mass is 703 g/mol. The van der Waals surface area contributed by atoms with Crippen molar-refractivity contribution in [3.8, 4) is 45.3 Å². The Morgan fingerprint density at radius 2 is 0.863 bits per heavy atom. The van der Waals surface area contributed by atoms with Crippen LogP contribution in [0.3, 0.4) is 0 Å². The Balaban J connectivity index is 1.07. The van der Waals surface area contributed by atoms with Crippen LogP contribution < -0.4 is 0 Å². The van der Waals surface area contributed by atoms with Gasteiger partial charge in [-0.15, -0.1) is 34.0 Å². The summed E-state index contributed by atoms with van der Waals surface area (Å²) in [6.07, 6.45) is 0. The fraction of sp³-hybridized carbons (Fsp3) is 0. The fourth-order valence-electron chi connectivity index (χ4n) is 7.36. The smallest absolute Gasteiger partial charge is 0.164 e. The third kappa shape index (κ3) is 4.65. The van der Waals surface area contributed by atoms with Gasteiger partial charge in [-0.25, -0.2) is 15.0 Å². The molecule has 7 aromatic carbocycles. The first kappa shape index (κ1) is 29.0. The molecule has 0 bridgehead atoms. The van der Waals surface area contributed by atoms with Crippen molar-refractivity contribution in [3.05, 3.63) is 152 Å². The van der Waals surface area contributed by atoms with Crippen LogP contribution in [0.4, 0.5) is 0 Å². The zero-order valence-electron chi connectivity index (χ0n) is 27.0. The summed E-state index contributed by atoms with van der Waals surface area (Å²) >= 11 is 5.51. The normalized spacial score (nSPS) is 11.9. The van der Waals surface area contributed by atoms with Crippen LogP contribution in [-0.2, 0) is 0 Å². The summed E-state index contributed by atoms with van der Waals surface area (Å²) in [5.41, 5.74) is 5.50. The second-order valence-electron chi connectivity index (χ2n) is 12.8. The topological polar surface area (TPSA) is 38.7 Å². The molecule has 0 saturated heterocycles. The Labute approximate surface area is 304 Å². The summed E-state index contributed by atoms with van der Waals surface area (Å²) < 4.78 is 7.65. The highest BCUT2D eigenvalue weighted by molar-refractivity contribution is 7.27. The number of thiophene rings is 3. The highest BCUT2D eigenvalue weighted by Crippen LogP contribution is 2.43. The third-order valence-electron chi connectivity index (χ3n) is 9.76. The number of hydrogen-bond donors (Lipinski definition) is 0. The number of rotatable bonds is 4.